The lowest BCUT2D eigenvalue weighted by atomic mass is 9.79. The molecule has 0 aromatic carbocycles. The van der Waals surface area contributed by atoms with Gasteiger partial charge in [-0.25, -0.2) is 0 Å². The highest BCUT2D eigenvalue weighted by Gasteiger charge is 2.39. The van der Waals surface area contributed by atoms with Crippen molar-refractivity contribution >= 4 is 0 Å². The van der Waals surface area contributed by atoms with Crippen molar-refractivity contribution in [2.75, 3.05) is 33.3 Å². The second-order valence-corrected chi connectivity index (χ2v) is 5.04. The third-order valence-corrected chi connectivity index (χ3v) is 4.04. The summed E-state index contributed by atoms with van der Waals surface area (Å²) in [6.45, 7) is 6.92. The van der Waals surface area contributed by atoms with Crippen molar-refractivity contribution in [2.24, 2.45) is 0 Å². The van der Waals surface area contributed by atoms with E-state index in [1.807, 2.05) is 7.11 Å². The van der Waals surface area contributed by atoms with Crippen LogP contribution in [0.2, 0.25) is 0 Å². The lowest BCUT2D eigenvalue weighted by molar-refractivity contribution is -0.0942. The highest BCUT2D eigenvalue weighted by atomic mass is 16.5. The molecule has 1 saturated heterocycles. The SMILES string of the molecule is CCC1CN(CC2(OC)CCC2)CCN1. The molecule has 1 N–H and O–H groups in total. The van der Waals surface area contributed by atoms with Gasteiger partial charge in [-0.15, -0.1) is 0 Å². The van der Waals surface area contributed by atoms with Crippen molar-refractivity contribution < 1.29 is 4.74 Å². The lowest BCUT2D eigenvalue weighted by Gasteiger charge is -2.45. The zero-order valence-electron chi connectivity index (χ0n) is 10.1. The van der Waals surface area contributed by atoms with Gasteiger partial charge >= 0.3 is 0 Å². The van der Waals surface area contributed by atoms with E-state index in [0.29, 0.717) is 6.04 Å². The third-order valence-electron chi connectivity index (χ3n) is 4.04. The van der Waals surface area contributed by atoms with Crippen LogP contribution in [0.3, 0.4) is 0 Å². The average molecular weight is 212 g/mol. The summed E-state index contributed by atoms with van der Waals surface area (Å²) in [5.41, 5.74) is 0.204. The average Bonchev–Trinajstić information content (AvgIpc) is 2.24. The number of ether oxygens (including phenoxy) is 1. The predicted octanol–water partition coefficient (Wildman–Crippen LogP) is 1.24. The predicted molar refractivity (Wildman–Crippen MR) is 62.1 cm³/mol. The molecule has 0 amide bonds. The number of piperazine rings is 1. The first kappa shape index (κ1) is 11.4. The maximum Gasteiger partial charge on any atom is 0.0805 e. The standard InChI is InChI=1S/C12H24N2O/c1-3-11-9-14(8-7-13-11)10-12(15-2)5-4-6-12/h11,13H,3-10H2,1-2H3. The Labute approximate surface area is 93.2 Å². The van der Waals surface area contributed by atoms with Crippen LogP contribution in [0.25, 0.3) is 0 Å². The largest absolute Gasteiger partial charge is 0.377 e. The Balaban J connectivity index is 1.82. The van der Waals surface area contributed by atoms with Crippen LogP contribution in [0.5, 0.6) is 0 Å². The van der Waals surface area contributed by atoms with Crippen LogP contribution in [-0.2, 0) is 4.74 Å². The Morgan fingerprint density at radius 2 is 2.27 bits per heavy atom. The molecule has 0 bridgehead atoms. The van der Waals surface area contributed by atoms with Crippen LogP contribution in [0.15, 0.2) is 0 Å². The van der Waals surface area contributed by atoms with Gasteiger partial charge in [0.25, 0.3) is 0 Å². The van der Waals surface area contributed by atoms with E-state index < -0.39 is 0 Å². The van der Waals surface area contributed by atoms with Gasteiger partial charge in [0, 0.05) is 39.3 Å². The van der Waals surface area contributed by atoms with Crippen LogP contribution in [0, 0.1) is 0 Å². The van der Waals surface area contributed by atoms with Gasteiger partial charge in [-0.2, -0.15) is 0 Å². The molecular weight excluding hydrogens is 188 g/mol. The molecule has 0 spiro atoms. The van der Waals surface area contributed by atoms with Crippen LogP contribution < -0.4 is 5.32 Å². The summed E-state index contributed by atoms with van der Waals surface area (Å²) >= 11 is 0. The fourth-order valence-corrected chi connectivity index (χ4v) is 2.72. The summed E-state index contributed by atoms with van der Waals surface area (Å²) in [6, 6.07) is 0.688. The van der Waals surface area contributed by atoms with E-state index in [2.05, 4.69) is 17.1 Å². The summed E-state index contributed by atoms with van der Waals surface area (Å²) < 4.78 is 5.68. The van der Waals surface area contributed by atoms with Crippen LogP contribution in [0.1, 0.15) is 32.6 Å². The topological polar surface area (TPSA) is 24.5 Å². The van der Waals surface area contributed by atoms with Gasteiger partial charge in [0.1, 0.15) is 0 Å². The van der Waals surface area contributed by atoms with E-state index in [-0.39, 0.29) is 5.60 Å². The molecule has 2 aliphatic rings. The number of rotatable bonds is 4. The molecule has 0 radical (unpaired) electrons. The first-order valence-corrected chi connectivity index (χ1v) is 6.29. The van der Waals surface area contributed by atoms with Crippen LogP contribution in [0.4, 0.5) is 0 Å². The molecule has 1 aliphatic heterocycles. The Kier molecular flexibility index (Phi) is 3.65. The molecule has 1 heterocycles. The number of nitrogens with zero attached hydrogens (tertiary/aromatic N) is 1. The van der Waals surface area contributed by atoms with Crippen molar-refractivity contribution in [3.8, 4) is 0 Å². The van der Waals surface area contributed by atoms with E-state index in [4.69, 9.17) is 4.74 Å². The maximum absolute atomic E-state index is 5.68. The monoisotopic (exact) mass is 212 g/mol. The van der Waals surface area contributed by atoms with Gasteiger partial charge in [-0.1, -0.05) is 6.92 Å². The molecular formula is C12H24N2O. The molecule has 1 atom stereocenters. The summed E-state index contributed by atoms with van der Waals surface area (Å²) in [5.74, 6) is 0. The fraction of sp³-hybridized carbons (Fsp3) is 1.00. The van der Waals surface area contributed by atoms with Crippen molar-refractivity contribution in [1.29, 1.82) is 0 Å². The van der Waals surface area contributed by atoms with Gasteiger partial charge in [0.2, 0.25) is 0 Å². The number of hydrogen-bond donors (Lipinski definition) is 1. The normalized spacial score (nSPS) is 31.2. The summed E-state index contributed by atoms with van der Waals surface area (Å²) in [7, 11) is 1.87. The quantitative estimate of drug-likeness (QED) is 0.759. The first-order chi connectivity index (χ1) is 7.28. The van der Waals surface area contributed by atoms with Crippen molar-refractivity contribution in [2.45, 2.75) is 44.2 Å². The molecule has 3 heteroatoms. The lowest BCUT2D eigenvalue weighted by Crippen LogP contribution is -2.57. The zero-order chi connectivity index (χ0) is 10.7. The number of methoxy groups -OCH3 is 1. The Bertz CT molecular complexity index is 198. The van der Waals surface area contributed by atoms with E-state index >= 15 is 0 Å². The maximum atomic E-state index is 5.68. The van der Waals surface area contributed by atoms with E-state index in [1.165, 1.54) is 38.8 Å². The minimum Gasteiger partial charge on any atom is -0.377 e. The zero-order valence-corrected chi connectivity index (χ0v) is 10.1. The third kappa shape index (κ3) is 2.52. The van der Waals surface area contributed by atoms with Crippen LogP contribution in [-0.4, -0.2) is 49.8 Å². The molecule has 1 aliphatic carbocycles. The second kappa shape index (κ2) is 4.81. The van der Waals surface area contributed by atoms with E-state index in [1.54, 1.807) is 0 Å². The van der Waals surface area contributed by atoms with Crippen molar-refractivity contribution in [3.63, 3.8) is 0 Å². The number of hydrogen-bond acceptors (Lipinski definition) is 3. The Morgan fingerprint density at radius 3 is 2.80 bits per heavy atom. The molecule has 88 valence electrons. The summed E-state index contributed by atoms with van der Waals surface area (Å²) in [6.07, 6.45) is 5.09. The Morgan fingerprint density at radius 1 is 1.47 bits per heavy atom. The van der Waals surface area contributed by atoms with Crippen molar-refractivity contribution in [3.05, 3.63) is 0 Å². The highest BCUT2D eigenvalue weighted by molar-refractivity contribution is 4.93. The molecule has 1 unspecified atom stereocenters. The van der Waals surface area contributed by atoms with Gasteiger partial charge in [0.15, 0.2) is 0 Å². The van der Waals surface area contributed by atoms with Crippen LogP contribution >= 0.6 is 0 Å². The van der Waals surface area contributed by atoms with E-state index in [9.17, 15) is 0 Å². The number of nitrogens with one attached hydrogen (secondary N) is 1. The molecule has 15 heavy (non-hydrogen) atoms. The molecule has 0 aromatic heterocycles. The fourth-order valence-electron chi connectivity index (χ4n) is 2.72. The van der Waals surface area contributed by atoms with Crippen molar-refractivity contribution in [1.82, 2.24) is 10.2 Å². The minimum absolute atomic E-state index is 0.204. The van der Waals surface area contributed by atoms with E-state index in [0.717, 1.165) is 13.1 Å². The van der Waals surface area contributed by atoms with Gasteiger partial charge < -0.3 is 10.1 Å². The molecule has 0 aromatic rings. The summed E-state index contributed by atoms with van der Waals surface area (Å²) in [5, 5.41) is 3.56. The molecule has 2 fully saturated rings. The minimum atomic E-state index is 0.204. The summed E-state index contributed by atoms with van der Waals surface area (Å²) in [4.78, 5) is 2.58. The Hall–Kier alpha value is -0.120. The highest BCUT2D eigenvalue weighted by Crippen LogP contribution is 2.35. The first-order valence-electron chi connectivity index (χ1n) is 6.29. The molecule has 1 saturated carbocycles. The smallest absolute Gasteiger partial charge is 0.0805 e. The second-order valence-electron chi connectivity index (χ2n) is 5.04. The molecule has 2 rings (SSSR count). The van der Waals surface area contributed by atoms with Gasteiger partial charge in [-0.3, -0.25) is 4.90 Å². The van der Waals surface area contributed by atoms with Gasteiger partial charge in [0.05, 0.1) is 5.60 Å². The van der Waals surface area contributed by atoms with Gasteiger partial charge in [-0.05, 0) is 25.7 Å². The molecule has 3 nitrogen and oxygen atoms in total.